The first-order chi connectivity index (χ1) is 9.58. The molecule has 2 aromatic rings. The Hall–Kier alpha value is -1.31. The number of halogens is 2. The van der Waals surface area contributed by atoms with Crippen molar-refractivity contribution in [3.63, 3.8) is 0 Å². The molecule has 0 fully saturated rings. The zero-order valence-corrected chi connectivity index (χ0v) is 14.2. The second-order valence-electron chi connectivity index (χ2n) is 4.68. The van der Waals surface area contributed by atoms with Gasteiger partial charge in [0.25, 0.3) is 0 Å². The zero-order chi connectivity index (χ0) is 14.5. The van der Waals surface area contributed by atoms with Crippen molar-refractivity contribution in [2.45, 2.75) is 19.4 Å². The highest BCUT2D eigenvalue weighted by Crippen LogP contribution is 2.21. The number of hydrogen-bond acceptors (Lipinski definition) is 2. The zero-order valence-electron chi connectivity index (χ0n) is 11.0. The monoisotopic (exact) mass is 392 g/mol. The fourth-order valence-electron chi connectivity index (χ4n) is 2.03. The molecule has 0 amide bonds. The standard InChI is InChI=1S/C16H14Br2N2/c1-11(8-12-2-4-14(17)5-3-12)20-16-7-6-15(18)9-13(16)10-19/h2-7,9,11,20H,8H2,1H3. The Bertz CT molecular complexity index is 630. The van der Waals surface area contributed by atoms with Crippen LogP contribution in [-0.4, -0.2) is 6.04 Å². The number of nitriles is 1. The first-order valence-electron chi connectivity index (χ1n) is 6.29. The van der Waals surface area contributed by atoms with Crippen LogP contribution in [-0.2, 0) is 6.42 Å². The normalized spacial score (nSPS) is 11.7. The van der Waals surface area contributed by atoms with E-state index in [1.165, 1.54) is 5.56 Å². The predicted molar refractivity (Wildman–Crippen MR) is 89.8 cm³/mol. The van der Waals surface area contributed by atoms with Crippen LogP contribution in [0.1, 0.15) is 18.1 Å². The van der Waals surface area contributed by atoms with Crippen LogP contribution in [0.3, 0.4) is 0 Å². The lowest BCUT2D eigenvalue weighted by molar-refractivity contribution is 0.790. The smallest absolute Gasteiger partial charge is 0.101 e. The Morgan fingerprint density at radius 3 is 2.40 bits per heavy atom. The third kappa shape index (κ3) is 4.09. The van der Waals surface area contributed by atoms with Crippen molar-refractivity contribution in [2.75, 3.05) is 5.32 Å². The van der Waals surface area contributed by atoms with Crippen molar-refractivity contribution in [3.8, 4) is 6.07 Å². The van der Waals surface area contributed by atoms with E-state index in [0.717, 1.165) is 21.1 Å². The van der Waals surface area contributed by atoms with Gasteiger partial charge in [-0.15, -0.1) is 0 Å². The molecule has 0 radical (unpaired) electrons. The fraction of sp³-hybridized carbons (Fsp3) is 0.188. The number of benzene rings is 2. The second-order valence-corrected chi connectivity index (χ2v) is 6.51. The molecule has 0 aliphatic carbocycles. The van der Waals surface area contributed by atoms with E-state index in [-0.39, 0.29) is 6.04 Å². The molecule has 0 aliphatic heterocycles. The summed E-state index contributed by atoms with van der Waals surface area (Å²) in [4.78, 5) is 0. The molecule has 2 aromatic carbocycles. The Labute approximate surface area is 136 Å². The van der Waals surface area contributed by atoms with Gasteiger partial charge in [0, 0.05) is 15.0 Å². The van der Waals surface area contributed by atoms with E-state index in [1.54, 1.807) is 0 Å². The Kier molecular flexibility index (Phi) is 5.22. The topological polar surface area (TPSA) is 35.8 Å². The lowest BCUT2D eigenvalue weighted by Crippen LogP contribution is -2.18. The van der Waals surface area contributed by atoms with Crippen LogP contribution in [0, 0.1) is 11.3 Å². The highest BCUT2D eigenvalue weighted by molar-refractivity contribution is 9.10. The fourth-order valence-corrected chi connectivity index (χ4v) is 2.65. The van der Waals surface area contributed by atoms with Gasteiger partial charge in [-0.3, -0.25) is 0 Å². The van der Waals surface area contributed by atoms with Crippen molar-refractivity contribution in [1.29, 1.82) is 5.26 Å². The second kappa shape index (κ2) is 6.92. The van der Waals surface area contributed by atoms with E-state index in [9.17, 15) is 0 Å². The van der Waals surface area contributed by atoms with Crippen molar-refractivity contribution in [1.82, 2.24) is 0 Å². The maximum atomic E-state index is 9.16. The van der Waals surface area contributed by atoms with Gasteiger partial charge >= 0.3 is 0 Å². The minimum Gasteiger partial charge on any atom is -0.381 e. The molecule has 1 atom stereocenters. The highest BCUT2D eigenvalue weighted by atomic mass is 79.9. The summed E-state index contributed by atoms with van der Waals surface area (Å²) in [5, 5.41) is 12.6. The van der Waals surface area contributed by atoms with E-state index in [4.69, 9.17) is 5.26 Å². The van der Waals surface area contributed by atoms with Gasteiger partial charge in [-0.25, -0.2) is 0 Å². The summed E-state index contributed by atoms with van der Waals surface area (Å²) in [6.07, 6.45) is 0.911. The summed E-state index contributed by atoms with van der Waals surface area (Å²) >= 11 is 6.82. The number of rotatable bonds is 4. The van der Waals surface area contributed by atoms with Gasteiger partial charge in [0.15, 0.2) is 0 Å². The molecule has 0 heterocycles. The molecule has 2 rings (SSSR count). The molecule has 0 spiro atoms. The van der Waals surface area contributed by atoms with Crippen LogP contribution in [0.15, 0.2) is 51.4 Å². The number of nitrogens with one attached hydrogen (secondary N) is 1. The van der Waals surface area contributed by atoms with Gasteiger partial charge in [0.2, 0.25) is 0 Å². The lowest BCUT2D eigenvalue weighted by atomic mass is 10.1. The van der Waals surface area contributed by atoms with E-state index in [2.05, 4.69) is 62.3 Å². The Balaban J connectivity index is 2.06. The molecule has 4 heteroatoms. The Morgan fingerprint density at radius 1 is 1.10 bits per heavy atom. The van der Waals surface area contributed by atoms with Gasteiger partial charge in [0.05, 0.1) is 11.3 Å². The quantitative estimate of drug-likeness (QED) is 0.781. The van der Waals surface area contributed by atoms with Crippen LogP contribution in [0.5, 0.6) is 0 Å². The number of nitrogens with zero attached hydrogens (tertiary/aromatic N) is 1. The van der Waals surface area contributed by atoms with E-state index in [1.807, 2.05) is 30.3 Å². The minimum absolute atomic E-state index is 0.254. The summed E-state index contributed by atoms with van der Waals surface area (Å²) in [7, 11) is 0. The summed E-state index contributed by atoms with van der Waals surface area (Å²) in [6, 6.07) is 16.5. The first-order valence-corrected chi connectivity index (χ1v) is 7.87. The van der Waals surface area contributed by atoms with Gasteiger partial charge in [-0.05, 0) is 49.2 Å². The third-order valence-corrected chi connectivity index (χ3v) is 3.98. The molecule has 1 unspecified atom stereocenters. The van der Waals surface area contributed by atoms with E-state index >= 15 is 0 Å². The SMILES string of the molecule is CC(Cc1ccc(Br)cc1)Nc1ccc(Br)cc1C#N. The average Bonchev–Trinajstić information content (AvgIpc) is 2.43. The van der Waals surface area contributed by atoms with Crippen LogP contribution < -0.4 is 5.32 Å². The lowest BCUT2D eigenvalue weighted by Gasteiger charge is -2.16. The maximum absolute atomic E-state index is 9.16. The third-order valence-electron chi connectivity index (χ3n) is 2.96. The maximum Gasteiger partial charge on any atom is 0.101 e. The van der Waals surface area contributed by atoms with Crippen LogP contribution in [0.25, 0.3) is 0 Å². The molecule has 0 bridgehead atoms. The first kappa shape index (κ1) is 15.1. The summed E-state index contributed by atoms with van der Waals surface area (Å²) in [5.74, 6) is 0. The molecule has 102 valence electrons. The summed E-state index contributed by atoms with van der Waals surface area (Å²) < 4.78 is 2.00. The van der Waals surface area contributed by atoms with Gasteiger partial charge in [-0.1, -0.05) is 44.0 Å². The van der Waals surface area contributed by atoms with Crippen molar-refractivity contribution < 1.29 is 0 Å². The summed E-state index contributed by atoms with van der Waals surface area (Å²) in [5.41, 5.74) is 2.80. The van der Waals surface area contributed by atoms with Gasteiger partial charge in [-0.2, -0.15) is 5.26 Å². The minimum atomic E-state index is 0.254. The molecule has 0 aromatic heterocycles. The molecule has 0 aliphatic rings. The molecule has 0 saturated carbocycles. The van der Waals surface area contributed by atoms with Crippen molar-refractivity contribution >= 4 is 37.5 Å². The molecule has 20 heavy (non-hydrogen) atoms. The molecule has 2 nitrogen and oxygen atoms in total. The summed E-state index contributed by atoms with van der Waals surface area (Å²) in [6.45, 7) is 2.12. The van der Waals surface area contributed by atoms with Crippen molar-refractivity contribution in [3.05, 3.63) is 62.5 Å². The molecule has 1 N–H and O–H groups in total. The molecular weight excluding hydrogens is 380 g/mol. The van der Waals surface area contributed by atoms with Gasteiger partial charge < -0.3 is 5.32 Å². The number of hydrogen-bond donors (Lipinski definition) is 1. The number of anilines is 1. The van der Waals surface area contributed by atoms with Crippen molar-refractivity contribution in [2.24, 2.45) is 0 Å². The largest absolute Gasteiger partial charge is 0.381 e. The average molecular weight is 394 g/mol. The molecular formula is C16H14Br2N2. The predicted octanol–water partition coefficient (Wildman–Crippen LogP) is 5.13. The van der Waals surface area contributed by atoms with E-state index in [0.29, 0.717) is 5.56 Å². The van der Waals surface area contributed by atoms with Crippen LogP contribution in [0.4, 0.5) is 5.69 Å². The molecule has 0 saturated heterocycles. The van der Waals surface area contributed by atoms with E-state index < -0.39 is 0 Å². The van der Waals surface area contributed by atoms with Crippen LogP contribution >= 0.6 is 31.9 Å². The Morgan fingerprint density at radius 2 is 1.75 bits per heavy atom. The van der Waals surface area contributed by atoms with Gasteiger partial charge in [0.1, 0.15) is 6.07 Å². The van der Waals surface area contributed by atoms with Crippen LogP contribution in [0.2, 0.25) is 0 Å². The highest BCUT2D eigenvalue weighted by Gasteiger charge is 2.07.